The van der Waals surface area contributed by atoms with Gasteiger partial charge in [0.25, 0.3) is 0 Å². The van der Waals surface area contributed by atoms with Crippen molar-refractivity contribution in [1.82, 2.24) is 0 Å². The lowest BCUT2D eigenvalue weighted by molar-refractivity contribution is 0.669. The summed E-state index contributed by atoms with van der Waals surface area (Å²) in [6.07, 6.45) is 0. The molecule has 9 aromatic carbocycles. The van der Waals surface area contributed by atoms with Crippen LogP contribution in [0.15, 0.2) is 186 Å². The van der Waals surface area contributed by atoms with Crippen LogP contribution in [0.3, 0.4) is 0 Å². The lowest BCUT2D eigenvalue weighted by Crippen LogP contribution is -1.91. The molecule has 0 unspecified atom stereocenters. The van der Waals surface area contributed by atoms with Crippen molar-refractivity contribution in [3.63, 3.8) is 0 Å². The van der Waals surface area contributed by atoms with E-state index in [9.17, 15) is 1.37 Å². The van der Waals surface area contributed by atoms with Crippen LogP contribution >= 0.6 is 0 Å². The number of benzene rings is 9. The van der Waals surface area contributed by atoms with Crippen molar-refractivity contribution >= 4 is 54.3 Å². The summed E-state index contributed by atoms with van der Waals surface area (Å²) in [4.78, 5) is 0. The molecule has 0 fully saturated rings. The molecule has 0 atom stereocenters. The second-order valence-electron chi connectivity index (χ2n) is 12.0. The van der Waals surface area contributed by atoms with Gasteiger partial charge in [0.15, 0.2) is 0 Å². The topological polar surface area (TPSA) is 13.1 Å². The van der Waals surface area contributed by atoms with Crippen molar-refractivity contribution in [2.75, 3.05) is 0 Å². The van der Waals surface area contributed by atoms with Crippen molar-refractivity contribution in [2.45, 2.75) is 0 Å². The van der Waals surface area contributed by atoms with Gasteiger partial charge in [-0.15, -0.1) is 0 Å². The van der Waals surface area contributed by atoms with Crippen LogP contribution in [0, 0.1) is 0 Å². The van der Waals surface area contributed by atoms with Gasteiger partial charge in [0.05, 0.1) is 15.1 Å². The van der Waals surface area contributed by atoms with Crippen molar-refractivity contribution in [2.24, 2.45) is 0 Å². The molecule has 0 radical (unpaired) electrons. The van der Waals surface area contributed by atoms with Gasteiger partial charge < -0.3 is 4.42 Å². The predicted octanol–water partition coefficient (Wildman–Crippen LogP) is 13.7. The summed E-state index contributed by atoms with van der Waals surface area (Å²) in [6.45, 7) is 0. The molecule has 1 heteroatoms. The summed E-state index contributed by atoms with van der Waals surface area (Å²) in [7, 11) is 0. The number of rotatable bonds is 4. The van der Waals surface area contributed by atoms with Crippen LogP contribution in [-0.4, -0.2) is 0 Å². The van der Waals surface area contributed by atoms with Gasteiger partial charge in [0.2, 0.25) is 0 Å². The Labute approximate surface area is 299 Å². The van der Waals surface area contributed by atoms with Gasteiger partial charge >= 0.3 is 0 Å². The van der Waals surface area contributed by atoms with Crippen molar-refractivity contribution < 1.29 is 19.5 Å². The Morgan fingerprint density at radius 1 is 0.367 bits per heavy atom. The SMILES string of the molecule is [2H]c1c([2H])c([2H])c(-c2c([2H])c([2H])c([2H])c3oc4c([2H])c([2H])c([2H])c(-c5c6ccccc6c(-c6ccc(-c7ccc8ccccc8c7)cc6)c6ccccc56)c4c23)c([2H])c1[2H]. The Morgan fingerprint density at radius 2 is 0.898 bits per heavy atom. The smallest absolute Gasteiger partial charge is 0.136 e. The lowest BCUT2D eigenvalue weighted by atomic mass is 9.84. The molecule has 228 valence electrons. The number of furan rings is 1. The first-order valence-electron chi connectivity index (χ1n) is 21.4. The van der Waals surface area contributed by atoms with Gasteiger partial charge in [0, 0.05) is 10.8 Å². The lowest BCUT2D eigenvalue weighted by Gasteiger charge is -2.18. The molecular formula is C48H30O. The van der Waals surface area contributed by atoms with E-state index in [0.29, 0.717) is 16.3 Å². The number of hydrogen-bond acceptors (Lipinski definition) is 1. The van der Waals surface area contributed by atoms with Crippen molar-refractivity contribution in [3.8, 4) is 44.5 Å². The van der Waals surface area contributed by atoms with Crippen LogP contribution in [-0.2, 0) is 0 Å². The molecule has 1 nitrogen and oxygen atoms in total. The van der Waals surface area contributed by atoms with Crippen LogP contribution in [0.25, 0.3) is 98.8 Å². The zero-order valence-corrected chi connectivity index (χ0v) is 25.9. The fourth-order valence-electron chi connectivity index (χ4n) is 7.17. The van der Waals surface area contributed by atoms with E-state index in [-0.39, 0.29) is 44.7 Å². The minimum Gasteiger partial charge on any atom is -0.456 e. The summed E-state index contributed by atoms with van der Waals surface area (Å²) in [5, 5.41) is 5.38. The molecule has 10 rings (SSSR count). The van der Waals surface area contributed by atoms with E-state index in [2.05, 4.69) is 54.6 Å². The van der Waals surface area contributed by atoms with Gasteiger partial charge in [-0.05, 0) is 95.0 Å². The Bertz CT molecular complexity index is 3410. The number of hydrogen-bond donors (Lipinski definition) is 0. The molecular weight excluding hydrogens is 593 g/mol. The molecule has 1 heterocycles. The zero-order chi connectivity index (χ0) is 41.9. The quantitative estimate of drug-likeness (QED) is 0.176. The van der Waals surface area contributed by atoms with Crippen LogP contribution in [0.4, 0.5) is 0 Å². The molecule has 0 aliphatic carbocycles. The third-order valence-corrected chi connectivity index (χ3v) is 9.32. The minimum absolute atomic E-state index is 0.0481. The maximum atomic E-state index is 9.56. The maximum Gasteiger partial charge on any atom is 0.136 e. The van der Waals surface area contributed by atoms with E-state index in [1.165, 1.54) is 0 Å². The Kier molecular flexibility index (Phi) is 4.25. The fourth-order valence-corrected chi connectivity index (χ4v) is 7.17. The average Bonchev–Trinajstić information content (AvgIpc) is 3.67. The molecule has 0 aliphatic heterocycles. The third kappa shape index (κ3) is 4.40. The molecule has 0 N–H and O–H groups in total. The normalized spacial score (nSPS) is 14.8. The first kappa shape index (κ1) is 18.8. The zero-order valence-electron chi connectivity index (χ0n) is 36.9. The van der Waals surface area contributed by atoms with E-state index < -0.39 is 60.4 Å². The van der Waals surface area contributed by atoms with Crippen LogP contribution in [0.1, 0.15) is 15.1 Å². The Morgan fingerprint density at radius 3 is 1.57 bits per heavy atom. The largest absolute Gasteiger partial charge is 0.456 e. The van der Waals surface area contributed by atoms with Crippen molar-refractivity contribution in [3.05, 3.63) is 182 Å². The first-order valence-corrected chi connectivity index (χ1v) is 15.9. The second-order valence-corrected chi connectivity index (χ2v) is 12.0. The monoisotopic (exact) mass is 633 g/mol. The van der Waals surface area contributed by atoms with Crippen LogP contribution in [0.5, 0.6) is 0 Å². The Hall–Kier alpha value is -6.44. The minimum atomic E-state index is -0.651. The highest BCUT2D eigenvalue weighted by Crippen LogP contribution is 2.48. The highest BCUT2D eigenvalue weighted by Gasteiger charge is 2.21. The van der Waals surface area contributed by atoms with E-state index in [4.69, 9.17) is 18.1 Å². The van der Waals surface area contributed by atoms with Gasteiger partial charge in [-0.2, -0.15) is 0 Å². The molecule has 0 aliphatic rings. The predicted molar refractivity (Wildman–Crippen MR) is 208 cm³/mol. The standard InChI is InChI=1S/C48H30O/c1-2-13-33(14-3-1)37-20-10-22-43-47(37)48-42(21-11-23-44(48)49-43)46-40-18-8-6-16-38(40)45(39-17-7-9-19-41(39)46)34-27-24-32(25-28-34)36-29-26-31-12-4-5-15-35(31)30-36/h1-30H/i1D,2D,3D,10D,11D,13D,14D,20D,21D,22D,23D. The molecule has 49 heavy (non-hydrogen) atoms. The first-order chi connectivity index (χ1) is 28.9. The molecule has 0 bridgehead atoms. The van der Waals surface area contributed by atoms with E-state index in [0.717, 1.165) is 43.8 Å². The molecule has 10 aromatic rings. The molecule has 0 saturated carbocycles. The second kappa shape index (κ2) is 11.1. The van der Waals surface area contributed by atoms with E-state index in [1.807, 2.05) is 60.7 Å². The molecule has 1 aromatic heterocycles. The Balaban J connectivity index is 1.32. The van der Waals surface area contributed by atoms with E-state index >= 15 is 0 Å². The van der Waals surface area contributed by atoms with Gasteiger partial charge in [-0.3, -0.25) is 0 Å². The highest BCUT2D eigenvalue weighted by molar-refractivity contribution is 6.26. The molecule has 0 saturated heterocycles. The summed E-state index contributed by atoms with van der Waals surface area (Å²) < 4.78 is 104. The highest BCUT2D eigenvalue weighted by atomic mass is 16.3. The van der Waals surface area contributed by atoms with E-state index in [1.54, 1.807) is 0 Å². The summed E-state index contributed by atoms with van der Waals surface area (Å²) >= 11 is 0. The maximum absolute atomic E-state index is 9.56. The molecule has 0 amide bonds. The summed E-state index contributed by atoms with van der Waals surface area (Å²) in [5.74, 6) is 0. The average molecular weight is 634 g/mol. The fraction of sp³-hybridized carbons (Fsp3) is 0. The van der Waals surface area contributed by atoms with Crippen LogP contribution < -0.4 is 0 Å². The van der Waals surface area contributed by atoms with Gasteiger partial charge in [-0.1, -0.05) is 164 Å². The number of fused-ring (bicyclic) bond motifs is 6. The molecule has 0 spiro atoms. The third-order valence-electron chi connectivity index (χ3n) is 9.32. The summed E-state index contributed by atoms with van der Waals surface area (Å²) in [6, 6.07) is 32.3. The summed E-state index contributed by atoms with van der Waals surface area (Å²) in [5.41, 5.74) is 3.60. The van der Waals surface area contributed by atoms with Crippen LogP contribution in [0.2, 0.25) is 0 Å². The van der Waals surface area contributed by atoms with Gasteiger partial charge in [0.1, 0.15) is 11.2 Å². The van der Waals surface area contributed by atoms with Gasteiger partial charge in [-0.25, -0.2) is 0 Å². The van der Waals surface area contributed by atoms with Crippen molar-refractivity contribution in [1.29, 1.82) is 0 Å².